The Balaban J connectivity index is 1.53. The largest absolute Gasteiger partial charge is 0.416 e. The molecule has 0 unspecified atom stereocenters. The fraction of sp³-hybridized carbons (Fsp3) is 0.286. The van der Waals surface area contributed by atoms with Gasteiger partial charge in [-0.1, -0.05) is 22.9 Å². The van der Waals surface area contributed by atoms with Gasteiger partial charge in [-0.05, 0) is 43.4 Å². The molecule has 174 valence electrons. The molecule has 0 aliphatic carbocycles. The predicted molar refractivity (Wildman–Crippen MR) is 119 cm³/mol. The normalized spacial score (nSPS) is 15.0. The van der Waals surface area contributed by atoms with Gasteiger partial charge in [0.1, 0.15) is 5.75 Å². The number of nitrogens with zero attached hydrogens (tertiary/aromatic N) is 3. The van der Waals surface area contributed by atoms with Crippen molar-refractivity contribution in [2.24, 2.45) is 0 Å². The number of ether oxygens (including phenoxy) is 1. The van der Waals surface area contributed by atoms with E-state index >= 15 is 0 Å². The van der Waals surface area contributed by atoms with Crippen molar-refractivity contribution in [3.8, 4) is 5.75 Å². The van der Waals surface area contributed by atoms with E-state index in [0.717, 1.165) is 23.5 Å². The average molecular weight is 499 g/mol. The Morgan fingerprint density at radius 1 is 1.12 bits per heavy atom. The lowest BCUT2D eigenvalue weighted by Gasteiger charge is -2.31. The molecule has 2 heterocycles. The molecule has 2 amide bonds. The van der Waals surface area contributed by atoms with Crippen molar-refractivity contribution >= 4 is 50.3 Å². The fourth-order valence-electron chi connectivity index (χ4n) is 3.24. The van der Waals surface area contributed by atoms with E-state index in [0.29, 0.717) is 31.7 Å². The highest BCUT2D eigenvalue weighted by Gasteiger charge is 2.31. The number of nitrogens with one attached hydrogen (secondary N) is 1. The summed E-state index contributed by atoms with van der Waals surface area (Å²) in [6.45, 7) is 2.40. The number of hydrogen-bond acceptors (Lipinski definition) is 6. The molecule has 0 spiro atoms. The third kappa shape index (κ3) is 5.37. The number of alkyl halides is 3. The molecule has 0 atom stereocenters. The number of likely N-dealkylation sites (N-methyl/N-ethyl adjacent to an activating group) is 1. The number of hydrogen-bond donors (Lipinski definition) is 1. The molecule has 1 fully saturated rings. The van der Waals surface area contributed by atoms with Crippen molar-refractivity contribution in [3.63, 3.8) is 0 Å². The first-order valence-electron chi connectivity index (χ1n) is 9.84. The van der Waals surface area contributed by atoms with E-state index in [9.17, 15) is 22.8 Å². The van der Waals surface area contributed by atoms with Crippen molar-refractivity contribution in [1.82, 2.24) is 14.8 Å². The summed E-state index contributed by atoms with van der Waals surface area (Å²) in [5.74, 6) is -0.643. The van der Waals surface area contributed by atoms with Crippen LogP contribution < -0.4 is 10.1 Å². The second-order valence-corrected chi connectivity index (χ2v) is 8.92. The Morgan fingerprint density at radius 3 is 2.55 bits per heavy atom. The molecule has 3 aromatic rings. The van der Waals surface area contributed by atoms with Crippen LogP contribution in [0.2, 0.25) is 5.02 Å². The maximum atomic E-state index is 12.9. The average Bonchev–Trinajstić information content (AvgIpc) is 3.16. The number of amides is 2. The summed E-state index contributed by atoms with van der Waals surface area (Å²) in [4.78, 5) is 33.2. The van der Waals surface area contributed by atoms with Crippen LogP contribution in [0.1, 0.15) is 15.9 Å². The van der Waals surface area contributed by atoms with Gasteiger partial charge >= 0.3 is 12.3 Å². The maximum absolute atomic E-state index is 12.9. The first-order valence-corrected chi connectivity index (χ1v) is 11.0. The molecule has 0 radical (unpaired) electrons. The molecule has 33 heavy (non-hydrogen) atoms. The van der Waals surface area contributed by atoms with Gasteiger partial charge in [-0.15, -0.1) is 0 Å². The molecule has 1 aliphatic heterocycles. The van der Waals surface area contributed by atoms with Gasteiger partial charge in [0, 0.05) is 31.2 Å². The minimum Gasteiger partial charge on any atom is -0.409 e. The SMILES string of the molecule is CN1CCN(C(=O)Oc2ccc(Cl)cc2C(=O)Nc2nc3ccc(C(F)(F)F)cc3s2)CC1. The van der Waals surface area contributed by atoms with Crippen molar-refractivity contribution in [2.75, 3.05) is 38.5 Å². The number of rotatable bonds is 3. The molecule has 1 saturated heterocycles. The lowest BCUT2D eigenvalue weighted by Crippen LogP contribution is -2.48. The zero-order valence-corrected chi connectivity index (χ0v) is 18.9. The number of halogens is 4. The first kappa shape index (κ1) is 23.3. The molecule has 0 bridgehead atoms. The smallest absolute Gasteiger partial charge is 0.409 e. The molecular weight excluding hydrogens is 481 g/mol. The third-order valence-corrected chi connectivity index (χ3v) is 6.25. The lowest BCUT2D eigenvalue weighted by molar-refractivity contribution is -0.137. The highest BCUT2D eigenvalue weighted by molar-refractivity contribution is 7.22. The minimum atomic E-state index is -4.48. The summed E-state index contributed by atoms with van der Waals surface area (Å²) in [6.07, 6.45) is -5.07. The summed E-state index contributed by atoms with van der Waals surface area (Å²) in [6, 6.07) is 7.40. The zero-order valence-electron chi connectivity index (χ0n) is 17.3. The molecule has 12 heteroatoms. The molecule has 1 N–H and O–H groups in total. The lowest BCUT2D eigenvalue weighted by atomic mass is 10.2. The summed E-state index contributed by atoms with van der Waals surface area (Å²) in [5, 5.41) is 2.90. The van der Waals surface area contributed by atoms with Crippen LogP contribution in [0.25, 0.3) is 10.2 Å². The monoisotopic (exact) mass is 498 g/mol. The summed E-state index contributed by atoms with van der Waals surface area (Å²) < 4.78 is 44.6. The number of benzene rings is 2. The van der Waals surface area contributed by atoms with Gasteiger partial charge in [0.05, 0.1) is 21.3 Å². The predicted octanol–water partition coefficient (Wildman–Crippen LogP) is 4.97. The number of fused-ring (bicyclic) bond motifs is 1. The van der Waals surface area contributed by atoms with E-state index in [1.165, 1.54) is 24.3 Å². The van der Waals surface area contributed by atoms with Crippen molar-refractivity contribution in [2.45, 2.75) is 6.18 Å². The Hall–Kier alpha value is -2.89. The molecule has 4 rings (SSSR count). The van der Waals surface area contributed by atoms with Crippen LogP contribution in [-0.4, -0.2) is 60.0 Å². The van der Waals surface area contributed by atoms with Crippen molar-refractivity contribution in [1.29, 1.82) is 0 Å². The van der Waals surface area contributed by atoms with E-state index in [1.807, 2.05) is 7.05 Å². The standard InChI is InChI=1S/C21H18ClF3N4O3S/c1-28-6-8-29(9-7-28)20(31)32-16-5-3-13(22)11-14(16)18(30)27-19-26-15-4-2-12(21(23,24)25)10-17(15)33-19/h2-5,10-11H,6-9H2,1H3,(H,26,27,30). The zero-order chi connectivity index (χ0) is 23.8. The van der Waals surface area contributed by atoms with Gasteiger partial charge < -0.3 is 14.5 Å². The molecule has 0 saturated carbocycles. The maximum Gasteiger partial charge on any atom is 0.416 e. The number of carbonyl (C=O) groups is 2. The third-order valence-electron chi connectivity index (χ3n) is 5.08. The van der Waals surface area contributed by atoms with Crippen LogP contribution in [0.5, 0.6) is 5.75 Å². The topological polar surface area (TPSA) is 74.8 Å². The minimum absolute atomic E-state index is 0.000198. The number of anilines is 1. The van der Waals surface area contributed by atoms with Crippen LogP contribution in [0.4, 0.5) is 23.1 Å². The second-order valence-electron chi connectivity index (χ2n) is 7.45. The Kier molecular flexibility index (Phi) is 6.46. The first-order chi connectivity index (χ1) is 15.6. The van der Waals surface area contributed by atoms with Crippen LogP contribution in [-0.2, 0) is 6.18 Å². The van der Waals surface area contributed by atoms with Gasteiger partial charge in [0.25, 0.3) is 5.91 Å². The fourth-order valence-corrected chi connectivity index (χ4v) is 4.31. The van der Waals surface area contributed by atoms with Gasteiger partial charge in [0.2, 0.25) is 0 Å². The molecule has 1 aromatic heterocycles. The van der Waals surface area contributed by atoms with E-state index < -0.39 is 23.7 Å². The van der Waals surface area contributed by atoms with E-state index in [4.69, 9.17) is 16.3 Å². The molecule has 7 nitrogen and oxygen atoms in total. The second kappa shape index (κ2) is 9.16. The van der Waals surface area contributed by atoms with Gasteiger partial charge in [-0.2, -0.15) is 13.2 Å². The highest BCUT2D eigenvalue weighted by atomic mass is 35.5. The number of aromatic nitrogens is 1. The molecule has 1 aliphatic rings. The van der Waals surface area contributed by atoms with Crippen LogP contribution >= 0.6 is 22.9 Å². The Labute approximate surface area is 195 Å². The van der Waals surface area contributed by atoms with Gasteiger partial charge in [0.15, 0.2) is 5.13 Å². The quantitative estimate of drug-likeness (QED) is 0.552. The molecule has 2 aromatic carbocycles. The summed E-state index contributed by atoms with van der Waals surface area (Å²) in [7, 11) is 1.95. The summed E-state index contributed by atoms with van der Waals surface area (Å²) >= 11 is 6.93. The molecular formula is C21H18ClF3N4O3S. The number of thiazole rings is 1. The van der Waals surface area contributed by atoms with Crippen LogP contribution in [0.15, 0.2) is 36.4 Å². The summed E-state index contributed by atoms with van der Waals surface area (Å²) in [5.41, 5.74) is -0.485. The number of piperazine rings is 1. The van der Waals surface area contributed by atoms with Crippen LogP contribution in [0.3, 0.4) is 0 Å². The van der Waals surface area contributed by atoms with Crippen molar-refractivity contribution < 1.29 is 27.5 Å². The Morgan fingerprint density at radius 2 is 1.85 bits per heavy atom. The van der Waals surface area contributed by atoms with E-state index in [-0.39, 0.29) is 26.2 Å². The highest BCUT2D eigenvalue weighted by Crippen LogP contribution is 2.34. The van der Waals surface area contributed by atoms with Gasteiger partial charge in [-0.25, -0.2) is 9.78 Å². The van der Waals surface area contributed by atoms with E-state index in [1.54, 1.807) is 4.90 Å². The Bertz CT molecular complexity index is 1210. The van der Waals surface area contributed by atoms with Crippen LogP contribution in [0, 0.1) is 0 Å². The van der Waals surface area contributed by atoms with Gasteiger partial charge in [-0.3, -0.25) is 10.1 Å². The van der Waals surface area contributed by atoms with E-state index in [2.05, 4.69) is 15.2 Å². The number of carbonyl (C=O) groups excluding carboxylic acids is 2. The van der Waals surface area contributed by atoms with Crippen molar-refractivity contribution in [3.05, 3.63) is 52.5 Å².